The van der Waals surface area contributed by atoms with Crippen molar-refractivity contribution in [2.75, 3.05) is 6.54 Å². The minimum atomic E-state index is 0.640. The molecule has 0 spiro atoms. The maximum atomic E-state index is 4.52. The van der Waals surface area contributed by atoms with Crippen LogP contribution in [0.4, 0.5) is 0 Å². The fourth-order valence-electron chi connectivity index (χ4n) is 1.69. The van der Waals surface area contributed by atoms with E-state index >= 15 is 0 Å². The molecule has 5 nitrogen and oxygen atoms in total. The Morgan fingerprint density at radius 1 is 1.33 bits per heavy atom. The second-order valence-corrected chi connectivity index (χ2v) is 4.80. The van der Waals surface area contributed by atoms with Gasteiger partial charge in [-0.25, -0.2) is 15.0 Å². The first-order valence-electron chi connectivity index (χ1n) is 6.19. The van der Waals surface area contributed by atoms with E-state index in [1.165, 1.54) is 0 Å². The van der Waals surface area contributed by atoms with Gasteiger partial charge in [-0.15, -0.1) is 0 Å². The highest BCUT2D eigenvalue weighted by Crippen LogP contribution is 2.05. The lowest BCUT2D eigenvalue weighted by atomic mass is 10.2. The lowest BCUT2D eigenvalue weighted by Gasteiger charge is -2.09. The Morgan fingerprint density at radius 3 is 2.83 bits per heavy atom. The van der Waals surface area contributed by atoms with Crippen molar-refractivity contribution in [2.45, 2.75) is 27.3 Å². The molecular weight excluding hydrogens is 226 g/mol. The summed E-state index contributed by atoms with van der Waals surface area (Å²) >= 11 is 0. The van der Waals surface area contributed by atoms with Crippen LogP contribution in [-0.2, 0) is 6.54 Å². The van der Waals surface area contributed by atoms with Gasteiger partial charge >= 0.3 is 0 Å². The van der Waals surface area contributed by atoms with Crippen molar-refractivity contribution in [1.82, 2.24) is 24.8 Å². The molecule has 0 fully saturated rings. The molecule has 0 aromatic carbocycles. The van der Waals surface area contributed by atoms with Crippen LogP contribution in [0, 0.1) is 12.8 Å². The Bertz CT molecular complexity index is 490. The molecule has 1 N–H and O–H groups in total. The van der Waals surface area contributed by atoms with Crippen molar-refractivity contribution < 1.29 is 0 Å². The molecule has 0 saturated heterocycles. The molecule has 0 bridgehead atoms. The van der Waals surface area contributed by atoms with Crippen LogP contribution in [0.3, 0.4) is 0 Å². The largest absolute Gasteiger partial charge is 0.311 e. The van der Waals surface area contributed by atoms with Gasteiger partial charge in [-0.3, -0.25) is 4.57 Å². The normalized spacial score (nSPS) is 11.1. The molecule has 2 rings (SSSR count). The number of imidazole rings is 1. The summed E-state index contributed by atoms with van der Waals surface area (Å²) in [5, 5.41) is 3.39. The van der Waals surface area contributed by atoms with Gasteiger partial charge in [-0.1, -0.05) is 13.8 Å². The Balaban J connectivity index is 2.12. The molecule has 0 unspecified atom stereocenters. The van der Waals surface area contributed by atoms with Gasteiger partial charge in [0.2, 0.25) is 5.95 Å². The van der Waals surface area contributed by atoms with Crippen LogP contribution in [0.25, 0.3) is 5.95 Å². The zero-order valence-corrected chi connectivity index (χ0v) is 11.1. The topological polar surface area (TPSA) is 55.6 Å². The third-order valence-electron chi connectivity index (χ3n) is 2.49. The Morgan fingerprint density at radius 2 is 2.17 bits per heavy atom. The monoisotopic (exact) mass is 245 g/mol. The zero-order chi connectivity index (χ0) is 13.0. The SMILES string of the molecule is Cc1cc(CNCC(C)C)nc(-n2ccnc2)n1. The summed E-state index contributed by atoms with van der Waals surface area (Å²) in [6.07, 6.45) is 5.28. The molecule has 2 aromatic heterocycles. The predicted octanol–water partition coefficient (Wildman–Crippen LogP) is 1.72. The van der Waals surface area contributed by atoms with Crippen molar-refractivity contribution in [2.24, 2.45) is 5.92 Å². The van der Waals surface area contributed by atoms with E-state index in [2.05, 4.69) is 34.1 Å². The van der Waals surface area contributed by atoms with Gasteiger partial charge in [0, 0.05) is 24.6 Å². The molecule has 0 saturated carbocycles. The highest BCUT2D eigenvalue weighted by atomic mass is 15.2. The average molecular weight is 245 g/mol. The Hall–Kier alpha value is -1.75. The lowest BCUT2D eigenvalue weighted by molar-refractivity contribution is 0.547. The predicted molar refractivity (Wildman–Crippen MR) is 70.4 cm³/mol. The third kappa shape index (κ3) is 3.37. The minimum absolute atomic E-state index is 0.640. The Kier molecular flexibility index (Phi) is 4.04. The summed E-state index contributed by atoms with van der Waals surface area (Å²) in [5.74, 6) is 1.31. The summed E-state index contributed by atoms with van der Waals surface area (Å²) in [4.78, 5) is 12.9. The van der Waals surface area contributed by atoms with Gasteiger partial charge in [0.15, 0.2) is 0 Å². The number of aryl methyl sites for hydroxylation is 1. The zero-order valence-electron chi connectivity index (χ0n) is 11.1. The lowest BCUT2D eigenvalue weighted by Crippen LogP contribution is -2.20. The molecule has 2 aromatic rings. The van der Waals surface area contributed by atoms with Crippen LogP contribution in [0.1, 0.15) is 25.2 Å². The average Bonchev–Trinajstić information content (AvgIpc) is 2.81. The first-order chi connectivity index (χ1) is 8.65. The number of nitrogens with one attached hydrogen (secondary N) is 1. The molecule has 0 aliphatic rings. The fourth-order valence-corrected chi connectivity index (χ4v) is 1.69. The molecule has 5 heteroatoms. The quantitative estimate of drug-likeness (QED) is 0.871. The van der Waals surface area contributed by atoms with Gasteiger partial charge in [-0.2, -0.15) is 0 Å². The number of hydrogen-bond donors (Lipinski definition) is 1. The summed E-state index contributed by atoms with van der Waals surface area (Å²) in [6.45, 7) is 8.12. The second kappa shape index (κ2) is 5.73. The standard InChI is InChI=1S/C13H19N5/c1-10(2)7-15-8-12-6-11(3)16-13(17-12)18-5-4-14-9-18/h4-6,9-10,15H,7-8H2,1-3H3. The van der Waals surface area contributed by atoms with Crippen molar-refractivity contribution >= 4 is 0 Å². The first-order valence-corrected chi connectivity index (χ1v) is 6.19. The highest BCUT2D eigenvalue weighted by molar-refractivity contribution is 5.18. The van der Waals surface area contributed by atoms with E-state index in [4.69, 9.17) is 0 Å². The van der Waals surface area contributed by atoms with Crippen LogP contribution >= 0.6 is 0 Å². The van der Waals surface area contributed by atoms with Crippen LogP contribution in [0.2, 0.25) is 0 Å². The maximum absolute atomic E-state index is 4.52. The van der Waals surface area contributed by atoms with Crippen LogP contribution in [0.15, 0.2) is 24.8 Å². The van der Waals surface area contributed by atoms with Crippen molar-refractivity contribution in [3.63, 3.8) is 0 Å². The minimum Gasteiger partial charge on any atom is -0.311 e. The Labute approximate surface area is 107 Å². The molecule has 0 radical (unpaired) electrons. The summed E-state index contributed by atoms with van der Waals surface area (Å²) < 4.78 is 1.82. The second-order valence-electron chi connectivity index (χ2n) is 4.80. The van der Waals surface area contributed by atoms with Crippen molar-refractivity contribution in [3.05, 3.63) is 36.2 Å². The van der Waals surface area contributed by atoms with E-state index < -0.39 is 0 Å². The number of rotatable bonds is 5. The molecule has 0 atom stereocenters. The van der Waals surface area contributed by atoms with Gasteiger partial charge in [-0.05, 0) is 25.5 Å². The van der Waals surface area contributed by atoms with Crippen molar-refractivity contribution in [3.8, 4) is 5.95 Å². The maximum Gasteiger partial charge on any atom is 0.235 e. The van der Waals surface area contributed by atoms with Gasteiger partial charge < -0.3 is 5.32 Å². The summed E-state index contributed by atoms with van der Waals surface area (Å²) in [7, 11) is 0. The molecule has 0 amide bonds. The molecule has 0 aliphatic heterocycles. The van der Waals surface area contributed by atoms with Crippen molar-refractivity contribution in [1.29, 1.82) is 0 Å². The molecule has 0 aliphatic carbocycles. The number of hydrogen-bond acceptors (Lipinski definition) is 4. The summed E-state index contributed by atoms with van der Waals surface area (Å²) in [6, 6.07) is 2.01. The first kappa shape index (κ1) is 12.7. The van der Waals surface area contributed by atoms with E-state index in [1.54, 1.807) is 12.5 Å². The molecular formula is C13H19N5. The van der Waals surface area contributed by atoms with E-state index in [9.17, 15) is 0 Å². The highest BCUT2D eigenvalue weighted by Gasteiger charge is 2.04. The van der Waals surface area contributed by atoms with Gasteiger partial charge in [0.05, 0.1) is 5.69 Å². The molecule has 96 valence electrons. The molecule has 2 heterocycles. The van der Waals surface area contributed by atoms with E-state index in [1.807, 2.05) is 23.8 Å². The van der Waals surface area contributed by atoms with Gasteiger partial charge in [0.25, 0.3) is 0 Å². The molecule has 18 heavy (non-hydrogen) atoms. The van der Waals surface area contributed by atoms with Crippen LogP contribution in [0.5, 0.6) is 0 Å². The van der Waals surface area contributed by atoms with Crippen LogP contribution < -0.4 is 5.32 Å². The van der Waals surface area contributed by atoms with E-state index in [0.717, 1.165) is 24.5 Å². The smallest absolute Gasteiger partial charge is 0.235 e. The van der Waals surface area contributed by atoms with Crippen LogP contribution in [-0.4, -0.2) is 26.1 Å². The fraction of sp³-hybridized carbons (Fsp3) is 0.462. The van der Waals surface area contributed by atoms with E-state index in [-0.39, 0.29) is 0 Å². The number of aromatic nitrogens is 4. The third-order valence-corrected chi connectivity index (χ3v) is 2.49. The van der Waals surface area contributed by atoms with Gasteiger partial charge in [0.1, 0.15) is 6.33 Å². The van der Waals surface area contributed by atoms with E-state index in [0.29, 0.717) is 11.9 Å². The number of nitrogens with zero attached hydrogens (tertiary/aromatic N) is 4. The summed E-state index contributed by atoms with van der Waals surface area (Å²) in [5.41, 5.74) is 1.97.